The van der Waals surface area contributed by atoms with Gasteiger partial charge in [-0.25, -0.2) is 4.79 Å². The van der Waals surface area contributed by atoms with Crippen molar-refractivity contribution in [3.05, 3.63) is 12.2 Å². The van der Waals surface area contributed by atoms with E-state index in [-0.39, 0.29) is 5.57 Å². The summed E-state index contributed by atoms with van der Waals surface area (Å²) < 4.78 is 0. The first-order valence-corrected chi connectivity index (χ1v) is 7.30. The lowest BCUT2D eigenvalue weighted by Gasteiger charge is -2.09. The Labute approximate surface area is 116 Å². The monoisotopic (exact) mass is 272 g/mol. The molecule has 0 aliphatic heterocycles. The molecule has 1 atom stereocenters. The molecule has 0 spiro atoms. The number of carboxylic acid groups (broad SMARTS) is 1. The van der Waals surface area contributed by atoms with Crippen molar-refractivity contribution in [1.82, 2.24) is 0 Å². The molecule has 0 amide bonds. The van der Waals surface area contributed by atoms with E-state index < -0.39 is 12.1 Å². The van der Waals surface area contributed by atoms with Gasteiger partial charge in [-0.1, -0.05) is 57.9 Å². The van der Waals surface area contributed by atoms with Crippen molar-refractivity contribution in [2.75, 3.05) is 6.61 Å². The SMILES string of the molecule is C=C(C(=O)O)C(O)CCCCCCCCCCCO. The first-order valence-electron chi connectivity index (χ1n) is 7.30. The molecule has 0 aromatic carbocycles. The molecule has 0 radical (unpaired) electrons. The molecular formula is C15H28O4. The zero-order valence-electron chi connectivity index (χ0n) is 11.8. The van der Waals surface area contributed by atoms with E-state index in [0.29, 0.717) is 13.0 Å². The summed E-state index contributed by atoms with van der Waals surface area (Å²) in [4.78, 5) is 10.5. The molecule has 0 aliphatic rings. The molecule has 0 fully saturated rings. The highest BCUT2D eigenvalue weighted by Crippen LogP contribution is 2.13. The third-order valence-electron chi connectivity index (χ3n) is 3.31. The first-order chi connectivity index (χ1) is 9.09. The number of carbonyl (C=O) groups is 1. The van der Waals surface area contributed by atoms with Crippen molar-refractivity contribution in [2.24, 2.45) is 0 Å². The molecule has 4 heteroatoms. The normalized spacial score (nSPS) is 12.3. The fourth-order valence-corrected chi connectivity index (χ4v) is 2.00. The van der Waals surface area contributed by atoms with Crippen LogP contribution in [-0.2, 0) is 4.79 Å². The summed E-state index contributed by atoms with van der Waals surface area (Å²) in [5.41, 5.74) is -0.108. The van der Waals surface area contributed by atoms with Gasteiger partial charge in [0.05, 0.1) is 11.7 Å². The molecule has 0 saturated heterocycles. The highest BCUT2D eigenvalue weighted by atomic mass is 16.4. The zero-order valence-corrected chi connectivity index (χ0v) is 11.8. The van der Waals surface area contributed by atoms with Gasteiger partial charge in [0.2, 0.25) is 0 Å². The Morgan fingerprint density at radius 1 is 0.895 bits per heavy atom. The molecule has 0 saturated carbocycles. The van der Waals surface area contributed by atoms with E-state index in [1.807, 2.05) is 0 Å². The van der Waals surface area contributed by atoms with Crippen LogP contribution in [0.4, 0.5) is 0 Å². The Bertz CT molecular complexity index is 251. The molecule has 112 valence electrons. The minimum absolute atomic E-state index is 0.108. The highest BCUT2D eigenvalue weighted by Gasteiger charge is 2.14. The topological polar surface area (TPSA) is 77.8 Å². The van der Waals surface area contributed by atoms with Gasteiger partial charge in [-0.3, -0.25) is 0 Å². The second-order valence-electron chi connectivity index (χ2n) is 5.04. The third-order valence-corrected chi connectivity index (χ3v) is 3.31. The van der Waals surface area contributed by atoms with Crippen molar-refractivity contribution in [3.63, 3.8) is 0 Å². The maximum Gasteiger partial charge on any atom is 0.333 e. The van der Waals surface area contributed by atoms with Crippen LogP contribution in [0.25, 0.3) is 0 Å². The summed E-state index contributed by atoms with van der Waals surface area (Å²) in [6, 6.07) is 0. The Balaban J connectivity index is 3.27. The average molecular weight is 272 g/mol. The standard InChI is InChI=1S/C15H28O4/c1-13(15(18)19)14(17)11-9-7-5-3-2-4-6-8-10-12-16/h14,16-17H,1-12H2,(H,18,19). The highest BCUT2D eigenvalue weighted by molar-refractivity contribution is 5.86. The van der Waals surface area contributed by atoms with Crippen LogP contribution in [0.15, 0.2) is 12.2 Å². The zero-order chi connectivity index (χ0) is 14.5. The Kier molecular flexibility index (Phi) is 11.6. The second kappa shape index (κ2) is 12.2. The van der Waals surface area contributed by atoms with Crippen molar-refractivity contribution in [3.8, 4) is 0 Å². The number of aliphatic carboxylic acids is 1. The fourth-order valence-electron chi connectivity index (χ4n) is 2.00. The Morgan fingerprint density at radius 2 is 1.32 bits per heavy atom. The number of aliphatic hydroxyl groups excluding tert-OH is 2. The van der Waals surface area contributed by atoms with E-state index in [1.165, 1.54) is 25.7 Å². The van der Waals surface area contributed by atoms with Crippen molar-refractivity contribution >= 4 is 5.97 Å². The van der Waals surface area contributed by atoms with Gasteiger partial charge in [0.15, 0.2) is 0 Å². The number of hydrogen-bond donors (Lipinski definition) is 3. The Morgan fingerprint density at radius 3 is 1.74 bits per heavy atom. The summed E-state index contributed by atoms with van der Waals surface area (Å²) in [6.07, 6.45) is 9.43. The summed E-state index contributed by atoms with van der Waals surface area (Å²) in [5, 5.41) is 26.8. The number of carboxylic acids is 1. The lowest BCUT2D eigenvalue weighted by Crippen LogP contribution is -2.16. The summed E-state index contributed by atoms with van der Waals surface area (Å²) >= 11 is 0. The van der Waals surface area contributed by atoms with Crippen LogP contribution in [0.2, 0.25) is 0 Å². The molecule has 0 rings (SSSR count). The lowest BCUT2D eigenvalue weighted by atomic mass is 10.0. The van der Waals surface area contributed by atoms with Gasteiger partial charge in [-0.05, 0) is 12.8 Å². The van der Waals surface area contributed by atoms with Gasteiger partial charge in [0.25, 0.3) is 0 Å². The van der Waals surface area contributed by atoms with E-state index >= 15 is 0 Å². The molecule has 4 nitrogen and oxygen atoms in total. The van der Waals surface area contributed by atoms with Crippen LogP contribution >= 0.6 is 0 Å². The number of rotatable bonds is 13. The number of hydrogen-bond acceptors (Lipinski definition) is 3. The van der Waals surface area contributed by atoms with E-state index in [0.717, 1.165) is 32.1 Å². The predicted molar refractivity (Wildman–Crippen MR) is 76.0 cm³/mol. The predicted octanol–water partition coefficient (Wildman–Crippen LogP) is 2.88. The maximum absolute atomic E-state index is 10.5. The van der Waals surface area contributed by atoms with Crippen molar-refractivity contribution < 1.29 is 20.1 Å². The molecule has 0 aromatic heterocycles. The molecule has 19 heavy (non-hydrogen) atoms. The smallest absolute Gasteiger partial charge is 0.333 e. The second-order valence-corrected chi connectivity index (χ2v) is 5.04. The largest absolute Gasteiger partial charge is 0.478 e. The first kappa shape index (κ1) is 18.1. The molecule has 0 aromatic rings. The molecular weight excluding hydrogens is 244 g/mol. The quantitative estimate of drug-likeness (QED) is 0.356. The summed E-state index contributed by atoms with van der Waals surface area (Å²) in [6.45, 7) is 3.65. The number of aliphatic hydroxyl groups is 2. The van der Waals surface area contributed by atoms with Crippen molar-refractivity contribution in [2.45, 2.75) is 70.3 Å². The van der Waals surface area contributed by atoms with Gasteiger partial charge in [-0.15, -0.1) is 0 Å². The summed E-state index contributed by atoms with van der Waals surface area (Å²) in [7, 11) is 0. The molecule has 0 heterocycles. The Hall–Kier alpha value is -0.870. The maximum atomic E-state index is 10.5. The van der Waals surface area contributed by atoms with Crippen LogP contribution in [0, 0.1) is 0 Å². The van der Waals surface area contributed by atoms with Crippen LogP contribution < -0.4 is 0 Å². The fraction of sp³-hybridized carbons (Fsp3) is 0.800. The number of unbranched alkanes of at least 4 members (excludes halogenated alkanes) is 8. The molecule has 0 bridgehead atoms. The third kappa shape index (κ3) is 10.7. The van der Waals surface area contributed by atoms with E-state index in [1.54, 1.807) is 0 Å². The van der Waals surface area contributed by atoms with E-state index in [9.17, 15) is 9.90 Å². The molecule has 1 unspecified atom stereocenters. The van der Waals surface area contributed by atoms with Gasteiger partial charge >= 0.3 is 5.97 Å². The van der Waals surface area contributed by atoms with Gasteiger partial charge in [0, 0.05) is 6.61 Å². The van der Waals surface area contributed by atoms with Crippen LogP contribution in [0.3, 0.4) is 0 Å². The van der Waals surface area contributed by atoms with Crippen LogP contribution in [0.5, 0.6) is 0 Å². The van der Waals surface area contributed by atoms with Crippen LogP contribution in [-0.4, -0.2) is 34.0 Å². The summed E-state index contributed by atoms with van der Waals surface area (Å²) in [5.74, 6) is -1.12. The van der Waals surface area contributed by atoms with Gasteiger partial charge < -0.3 is 15.3 Å². The van der Waals surface area contributed by atoms with Gasteiger partial charge in [-0.2, -0.15) is 0 Å². The molecule has 0 aliphatic carbocycles. The van der Waals surface area contributed by atoms with Crippen LogP contribution in [0.1, 0.15) is 64.2 Å². The van der Waals surface area contributed by atoms with Gasteiger partial charge in [0.1, 0.15) is 0 Å². The van der Waals surface area contributed by atoms with E-state index in [2.05, 4.69) is 6.58 Å². The lowest BCUT2D eigenvalue weighted by molar-refractivity contribution is -0.133. The minimum Gasteiger partial charge on any atom is -0.478 e. The molecule has 3 N–H and O–H groups in total. The van der Waals surface area contributed by atoms with Crippen molar-refractivity contribution in [1.29, 1.82) is 0 Å². The average Bonchev–Trinajstić information content (AvgIpc) is 2.39. The minimum atomic E-state index is -1.12. The van der Waals surface area contributed by atoms with E-state index in [4.69, 9.17) is 10.2 Å².